The molecular formula is C8H7F3N2O2. The van der Waals surface area contributed by atoms with Gasteiger partial charge in [-0.15, -0.1) is 0 Å². The summed E-state index contributed by atoms with van der Waals surface area (Å²) in [5.41, 5.74) is -0.459. The number of aromatic nitrogens is 1. The predicted molar refractivity (Wildman–Crippen MR) is 46.4 cm³/mol. The van der Waals surface area contributed by atoms with Gasteiger partial charge in [-0.25, -0.2) is 0 Å². The fourth-order valence-corrected chi connectivity index (χ4v) is 0.870. The fourth-order valence-electron chi connectivity index (χ4n) is 0.870. The smallest absolute Gasteiger partial charge is 0.317 e. The molecule has 0 aromatic carbocycles. The van der Waals surface area contributed by atoms with E-state index in [-0.39, 0.29) is 11.2 Å². The number of alkyl halides is 3. The Hall–Kier alpha value is -1.79. The number of hydrogen-bond acceptors (Lipinski definition) is 2. The lowest BCUT2D eigenvalue weighted by molar-refractivity contribution is -0.167. The lowest BCUT2D eigenvalue weighted by Gasteiger charge is -2.08. The first-order valence-corrected chi connectivity index (χ1v) is 3.85. The SMILES string of the molecule is Cn1cc(NC(=O)C(F)(F)F)ccc1=O. The Balaban J connectivity index is 2.87. The number of aryl methyl sites for hydroxylation is 1. The molecule has 0 bridgehead atoms. The third-order valence-corrected chi connectivity index (χ3v) is 1.60. The van der Waals surface area contributed by atoms with Crippen molar-refractivity contribution >= 4 is 11.6 Å². The van der Waals surface area contributed by atoms with Crippen molar-refractivity contribution in [3.63, 3.8) is 0 Å². The van der Waals surface area contributed by atoms with Crippen LogP contribution in [0.5, 0.6) is 0 Å². The zero-order valence-electron chi connectivity index (χ0n) is 7.63. The third kappa shape index (κ3) is 2.83. The van der Waals surface area contributed by atoms with E-state index in [1.807, 2.05) is 0 Å². The lowest BCUT2D eigenvalue weighted by atomic mass is 10.4. The summed E-state index contributed by atoms with van der Waals surface area (Å²) in [6.45, 7) is 0. The first-order valence-electron chi connectivity index (χ1n) is 3.85. The quantitative estimate of drug-likeness (QED) is 0.763. The minimum absolute atomic E-state index is 0.0839. The van der Waals surface area contributed by atoms with E-state index in [4.69, 9.17) is 0 Å². The molecule has 82 valence electrons. The van der Waals surface area contributed by atoms with E-state index >= 15 is 0 Å². The Labute approximate surface area is 82.3 Å². The van der Waals surface area contributed by atoms with Crippen LogP contribution in [0.2, 0.25) is 0 Å². The highest BCUT2D eigenvalue weighted by molar-refractivity contribution is 5.94. The Kier molecular flexibility index (Phi) is 2.83. The van der Waals surface area contributed by atoms with Gasteiger partial charge in [-0.3, -0.25) is 9.59 Å². The second-order valence-electron chi connectivity index (χ2n) is 2.82. The van der Waals surface area contributed by atoms with Crippen LogP contribution in [-0.4, -0.2) is 16.7 Å². The molecule has 1 aromatic rings. The monoisotopic (exact) mass is 220 g/mol. The maximum absolute atomic E-state index is 11.8. The number of pyridine rings is 1. The van der Waals surface area contributed by atoms with E-state index in [0.29, 0.717) is 0 Å². The molecular weight excluding hydrogens is 213 g/mol. The molecule has 4 nitrogen and oxygen atoms in total. The van der Waals surface area contributed by atoms with Crippen LogP contribution in [0.3, 0.4) is 0 Å². The predicted octanol–water partition coefficient (Wildman–Crippen LogP) is 0.886. The van der Waals surface area contributed by atoms with Crippen molar-refractivity contribution in [2.45, 2.75) is 6.18 Å². The van der Waals surface area contributed by atoms with Crippen molar-refractivity contribution in [3.05, 3.63) is 28.7 Å². The number of hydrogen-bond donors (Lipinski definition) is 1. The van der Waals surface area contributed by atoms with Crippen molar-refractivity contribution in [2.24, 2.45) is 7.05 Å². The molecule has 7 heteroatoms. The Morgan fingerprint density at radius 2 is 2.00 bits per heavy atom. The molecule has 1 rings (SSSR count). The molecule has 0 radical (unpaired) electrons. The molecule has 0 saturated carbocycles. The van der Waals surface area contributed by atoms with Gasteiger partial charge in [0, 0.05) is 19.3 Å². The molecule has 1 aromatic heterocycles. The van der Waals surface area contributed by atoms with Crippen LogP contribution in [0, 0.1) is 0 Å². The summed E-state index contributed by atoms with van der Waals surface area (Å²) >= 11 is 0. The molecule has 0 saturated heterocycles. The van der Waals surface area contributed by atoms with Gasteiger partial charge in [0.25, 0.3) is 0 Å². The van der Waals surface area contributed by atoms with E-state index in [2.05, 4.69) is 0 Å². The zero-order chi connectivity index (χ0) is 11.6. The highest BCUT2D eigenvalue weighted by Crippen LogP contribution is 2.17. The van der Waals surface area contributed by atoms with Crippen LogP contribution in [0.25, 0.3) is 0 Å². The van der Waals surface area contributed by atoms with Gasteiger partial charge in [-0.05, 0) is 6.07 Å². The van der Waals surface area contributed by atoms with E-state index in [9.17, 15) is 22.8 Å². The van der Waals surface area contributed by atoms with Crippen LogP contribution < -0.4 is 10.9 Å². The molecule has 0 unspecified atom stereocenters. The lowest BCUT2D eigenvalue weighted by Crippen LogP contribution is -2.30. The van der Waals surface area contributed by atoms with Crippen molar-refractivity contribution in [2.75, 3.05) is 5.32 Å². The molecule has 0 aliphatic carbocycles. The van der Waals surface area contributed by atoms with Crippen LogP contribution in [0.4, 0.5) is 18.9 Å². The Bertz CT molecular complexity index is 436. The molecule has 1 amide bonds. The first kappa shape index (κ1) is 11.3. The summed E-state index contributed by atoms with van der Waals surface area (Å²) in [6.07, 6.45) is -3.83. The maximum Gasteiger partial charge on any atom is 0.471 e. The van der Waals surface area contributed by atoms with Gasteiger partial charge in [0.05, 0.1) is 5.69 Å². The molecule has 0 fully saturated rings. The number of anilines is 1. The Morgan fingerprint density at radius 3 is 2.47 bits per heavy atom. The van der Waals surface area contributed by atoms with Crippen molar-refractivity contribution < 1.29 is 18.0 Å². The maximum atomic E-state index is 11.8. The minimum atomic E-state index is -4.94. The average molecular weight is 220 g/mol. The van der Waals surface area contributed by atoms with Gasteiger partial charge in [-0.2, -0.15) is 13.2 Å². The van der Waals surface area contributed by atoms with Crippen LogP contribution in [0.1, 0.15) is 0 Å². The number of nitrogens with zero attached hydrogens (tertiary/aromatic N) is 1. The Morgan fingerprint density at radius 1 is 1.40 bits per heavy atom. The van der Waals surface area contributed by atoms with E-state index in [1.165, 1.54) is 7.05 Å². The van der Waals surface area contributed by atoms with E-state index in [0.717, 1.165) is 22.9 Å². The van der Waals surface area contributed by atoms with Gasteiger partial charge in [-0.1, -0.05) is 0 Å². The number of amides is 1. The standard InChI is InChI=1S/C8H7F3N2O2/c1-13-4-5(2-3-6(13)14)12-7(15)8(9,10)11/h2-4H,1H3,(H,12,15). The molecule has 0 atom stereocenters. The van der Waals surface area contributed by atoms with Crippen LogP contribution in [0.15, 0.2) is 23.1 Å². The highest BCUT2D eigenvalue weighted by atomic mass is 19.4. The number of carbonyl (C=O) groups excluding carboxylic acids is 1. The second kappa shape index (κ2) is 3.76. The first-order chi connectivity index (χ1) is 6.80. The summed E-state index contributed by atoms with van der Waals surface area (Å²) in [7, 11) is 1.37. The largest absolute Gasteiger partial charge is 0.471 e. The number of carbonyl (C=O) groups is 1. The molecule has 0 spiro atoms. The molecule has 1 heterocycles. The van der Waals surface area contributed by atoms with Gasteiger partial charge in [0.1, 0.15) is 0 Å². The zero-order valence-corrected chi connectivity index (χ0v) is 7.63. The van der Waals surface area contributed by atoms with Crippen molar-refractivity contribution in [3.8, 4) is 0 Å². The molecule has 1 N–H and O–H groups in total. The molecule has 0 aliphatic heterocycles. The minimum Gasteiger partial charge on any atom is -0.317 e. The van der Waals surface area contributed by atoms with Gasteiger partial charge >= 0.3 is 12.1 Å². The summed E-state index contributed by atoms with van der Waals surface area (Å²) in [4.78, 5) is 21.4. The normalized spacial score (nSPS) is 11.2. The fraction of sp³-hybridized carbons (Fsp3) is 0.250. The topological polar surface area (TPSA) is 51.1 Å². The van der Waals surface area contributed by atoms with Crippen LogP contribution in [-0.2, 0) is 11.8 Å². The molecule has 15 heavy (non-hydrogen) atoms. The summed E-state index contributed by atoms with van der Waals surface area (Å²) in [6, 6.07) is 2.16. The summed E-state index contributed by atoms with van der Waals surface area (Å²) in [5, 5.41) is 1.63. The summed E-state index contributed by atoms with van der Waals surface area (Å²) < 4.78 is 36.6. The van der Waals surface area contributed by atoms with E-state index in [1.54, 1.807) is 5.32 Å². The number of rotatable bonds is 1. The van der Waals surface area contributed by atoms with Crippen LogP contribution >= 0.6 is 0 Å². The van der Waals surface area contributed by atoms with Crippen molar-refractivity contribution in [1.82, 2.24) is 4.57 Å². The summed E-state index contributed by atoms with van der Waals surface area (Å²) in [5.74, 6) is -2.07. The average Bonchev–Trinajstić information content (AvgIpc) is 2.10. The molecule has 0 aliphatic rings. The van der Waals surface area contributed by atoms with E-state index < -0.39 is 12.1 Å². The van der Waals surface area contributed by atoms with Gasteiger partial charge in [0.15, 0.2) is 0 Å². The number of halogens is 3. The van der Waals surface area contributed by atoms with Gasteiger partial charge < -0.3 is 9.88 Å². The highest BCUT2D eigenvalue weighted by Gasteiger charge is 2.38. The third-order valence-electron chi connectivity index (χ3n) is 1.60. The number of nitrogens with one attached hydrogen (secondary N) is 1. The second-order valence-corrected chi connectivity index (χ2v) is 2.82. The van der Waals surface area contributed by atoms with Crippen molar-refractivity contribution in [1.29, 1.82) is 0 Å². The van der Waals surface area contributed by atoms with Gasteiger partial charge in [0.2, 0.25) is 5.56 Å².